The van der Waals surface area contributed by atoms with Gasteiger partial charge in [-0.3, -0.25) is 4.79 Å². The zero-order chi connectivity index (χ0) is 13.1. The van der Waals surface area contributed by atoms with Crippen molar-refractivity contribution in [2.75, 3.05) is 6.54 Å². The van der Waals surface area contributed by atoms with Gasteiger partial charge in [-0.25, -0.2) is 0 Å². The molecule has 3 N–H and O–H groups in total. The van der Waals surface area contributed by atoms with E-state index in [0.29, 0.717) is 13.0 Å². The molecule has 0 aliphatic heterocycles. The average Bonchev–Trinajstić information content (AvgIpc) is 2.24. The Balaban J connectivity index is 3.28. The second kappa shape index (κ2) is 9.46. The summed E-state index contributed by atoms with van der Waals surface area (Å²) in [5.41, 5.74) is 5.48. The molecule has 0 atom stereocenters. The number of hydrogen-bond acceptors (Lipinski definition) is 2. The second-order valence-electron chi connectivity index (χ2n) is 5.64. The molecule has 0 spiro atoms. The number of carbonyl (C=O) groups excluding carboxylic acids is 1. The van der Waals surface area contributed by atoms with E-state index in [4.69, 9.17) is 5.73 Å². The summed E-state index contributed by atoms with van der Waals surface area (Å²) in [4.78, 5) is 11.5. The van der Waals surface area contributed by atoms with Gasteiger partial charge in [0.2, 0.25) is 5.91 Å². The fourth-order valence-corrected chi connectivity index (χ4v) is 1.66. The molecule has 17 heavy (non-hydrogen) atoms. The molecule has 0 aliphatic rings. The standard InChI is InChI=1S/C14H30N2O/c1-4-5-6-7-8-9-10-11-13(17)16-12-14(2,3)15/h4-12,15H2,1-3H3,(H,16,17). The van der Waals surface area contributed by atoms with Crippen molar-refractivity contribution in [1.29, 1.82) is 0 Å². The van der Waals surface area contributed by atoms with Crippen LogP contribution in [0.4, 0.5) is 0 Å². The van der Waals surface area contributed by atoms with Crippen LogP contribution in [0.25, 0.3) is 0 Å². The second-order valence-corrected chi connectivity index (χ2v) is 5.64. The molecule has 0 aromatic carbocycles. The van der Waals surface area contributed by atoms with Gasteiger partial charge < -0.3 is 11.1 Å². The van der Waals surface area contributed by atoms with Gasteiger partial charge in [-0.1, -0.05) is 45.4 Å². The molecule has 0 bridgehead atoms. The Bertz CT molecular complexity index is 197. The number of unbranched alkanes of at least 4 members (excludes halogenated alkanes) is 6. The lowest BCUT2D eigenvalue weighted by atomic mass is 10.1. The highest BCUT2D eigenvalue weighted by molar-refractivity contribution is 5.75. The number of nitrogens with one attached hydrogen (secondary N) is 1. The molecular weight excluding hydrogens is 212 g/mol. The molecule has 0 saturated carbocycles. The van der Waals surface area contributed by atoms with E-state index in [9.17, 15) is 4.79 Å². The highest BCUT2D eigenvalue weighted by Gasteiger charge is 2.11. The van der Waals surface area contributed by atoms with Gasteiger partial charge in [0, 0.05) is 18.5 Å². The van der Waals surface area contributed by atoms with Crippen molar-refractivity contribution in [3.05, 3.63) is 0 Å². The summed E-state index contributed by atoms with van der Waals surface area (Å²) < 4.78 is 0. The van der Waals surface area contributed by atoms with Gasteiger partial charge in [-0.15, -0.1) is 0 Å². The number of rotatable bonds is 10. The molecule has 0 heterocycles. The van der Waals surface area contributed by atoms with E-state index in [-0.39, 0.29) is 11.4 Å². The number of nitrogens with two attached hydrogens (primary N) is 1. The fraction of sp³-hybridized carbons (Fsp3) is 0.929. The van der Waals surface area contributed by atoms with E-state index in [0.717, 1.165) is 6.42 Å². The van der Waals surface area contributed by atoms with Crippen LogP contribution in [0.5, 0.6) is 0 Å². The maximum Gasteiger partial charge on any atom is 0.220 e. The number of amides is 1. The van der Waals surface area contributed by atoms with Gasteiger partial charge >= 0.3 is 0 Å². The van der Waals surface area contributed by atoms with Crippen LogP contribution in [0.2, 0.25) is 0 Å². The van der Waals surface area contributed by atoms with Crippen molar-refractivity contribution in [2.45, 2.75) is 77.7 Å². The normalized spacial score (nSPS) is 11.5. The van der Waals surface area contributed by atoms with Gasteiger partial charge in [0.25, 0.3) is 0 Å². The van der Waals surface area contributed by atoms with Crippen molar-refractivity contribution in [1.82, 2.24) is 5.32 Å². The molecule has 3 heteroatoms. The minimum atomic E-state index is -0.310. The van der Waals surface area contributed by atoms with Crippen LogP contribution in [0, 0.1) is 0 Å². The van der Waals surface area contributed by atoms with Gasteiger partial charge in [0.05, 0.1) is 0 Å². The summed E-state index contributed by atoms with van der Waals surface area (Å²) >= 11 is 0. The maximum absolute atomic E-state index is 11.5. The maximum atomic E-state index is 11.5. The SMILES string of the molecule is CCCCCCCCCC(=O)NCC(C)(C)N. The van der Waals surface area contributed by atoms with Crippen molar-refractivity contribution in [2.24, 2.45) is 5.73 Å². The Morgan fingerprint density at radius 2 is 1.59 bits per heavy atom. The molecule has 3 nitrogen and oxygen atoms in total. The Kier molecular flexibility index (Phi) is 9.14. The molecule has 102 valence electrons. The van der Waals surface area contributed by atoms with E-state index in [1.54, 1.807) is 0 Å². The zero-order valence-electron chi connectivity index (χ0n) is 11.8. The van der Waals surface area contributed by atoms with E-state index < -0.39 is 0 Å². The summed E-state index contributed by atoms with van der Waals surface area (Å²) in [5.74, 6) is 0.136. The predicted molar refractivity (Wildman–Crippen MR) is 73.9 cm³/mol. The molecule has 0 radical (unpaired) electrons. The summed E-state index contributed by atoms with van der Waals surface area (Å²) in [6.45, 7) is 6.62. The van der Waals surface area contributed by atoms with Crippen molar-refractivity contribution in [3.63, 3.8) is 0 Å². The van der Waals surface area contributed by atoms with Gasteiger partial charge in [0.15, 0.2) is 0 Å². The molecule has 1 amide bonds. The molecule has 0 aliphatic carbocycles. The Hall–Kier alpha value is -0.570. The molecule has 0 rings (SSSR count). The summed E-state index contributed by atoms with van der Waals surface area (Å²) in [6, 6.07) is 0. The summed E-state index contributed by atoms with van der Waals surface area (Å²) in [6.07, 6.45) is 9.35. The molecule has 0 fully saturated rings. The minimum Gasteiger partial charge on any atom is -0.354 e. The molecule has 0 aromatic rings. The van der Waals surface area contributed by atoms with Crippen LogP contribution in [0.15, 0.2) is 0 Å². The van der Waals surface area contributed by atoms with Gasteiger partial charge in [-0.2, -0.15) is 0 Å². The van der Waals surface area contributed by atoms with Gasteiger partial charge in [0.1, 0.15) is 0 Å². The molecule has 0 aromatic heterocycles. The number of hydrogen-bond donors (Lipinski definition) is 2. The summed E-state index contributed by atoms with van der Waals surface area (Å²) in [5, 5.41) is 2.87. The van der Waals surface area contributed by atoms with Crippen molar-refractivity contribution < 1.29 is 4.79 Å². The third kappa shape index (κ3) is 13.4. The van der Waals surface area contributed by atoms with E-state index in [2.05, 4.69) is 12.2 Å². The predicted octanol–water partition coefficient (Wildman–Crippen LogP) is 2.98. The third-order valence-electron chi connectivity index (χ3n) is 2.75. The highest BCUT2D eigenvalue weighted by Crippen LogP contribution is 2.08. The fourth-order valence-electron chi connectivity index (χ4n) is 1.66. The first-order chi connectivity index (χ1) is 7.95. The minimum absolute atomic E-state index is 0.136. The van der Waals surface area contributed by atoms with Crippen LogP contribution in [-0.4, -0.2) is 18.0 Å². The van der Waals surface area contributed by atoms with Crippen LogP contribution < -0.4 is 11.1 Å². The van der Waals surface area contributed by atoms with Crippen LogP contribution >= 0.6 is 0 Å². The first-order valence-corrected chi connectivity index (χ1v) is 7.01. The first-order valence-electron chi connectivity index (χ1n) is 7.01. The van der Waals surface area contributed by atoms with Gasteiger partial charge in [-0.05, 0) is 20.3 Å². The Morgan fingerprint density at radius 3 is 2.12 bits per heavy atom. The third-order valence-corrected chi connectivity index (χ3v) is 2.75. The van der Waals surface area contributed by atoms with E-state index in [1.165, 1.54) is 38.5 Å². The summed E-state index contributed by atoms with van der Waals surface area (Å²) in [7, 11) is 0. The van der Waals surface area contributed by atoms with Crippen LogP contribution in [0.3, 0.4) is 0 Å². The monoisotopic (exact) mass is 242 g/mol. The highest BCUT2D eigenvalue weighted by atomic mass is 16.1. The van der Waals surface area contributed by atoms with E-state index >= 15 is 0 Å². The largest absolute Gasteiger partial charge is 0.354 e. The lowest BCUT2D eigenvalue weighted by Gasteiger charge is -2.18. The topological polar surface area (TPSA) is 55.1 Å². The molecular formula is C14H30N2O. The van der Waals surface area contributed by atoms with E-state index in [1.807, 2.05) is 13.8 Å². The zero-order valence-corrected chi connectivity index (χ0v) is 11.8. The smallest absolute Gasteiger partial charge is 0.220 e. The van der Waals surface area contributed by atoms with Crippen LogP contribution in [0.1, 0.15) is 72.1 Å². The van der Waals surface area contributed by atoms with Crippen molar-refractivity contribution in [3.8, 4) is 0 Å². The Labute approximate surface area is 107 Å². The molecule has 0 unspecified atom stereocenters. The quantitative estimate of drug-likeness (QED) is 0.579. The molecule has 0 saturated heterocycles. The lowest BCUT2D eigenvalue weighted by Crippen LogP contribution is -2.45. The van der Waals surface area contributed by atoms with Crippen LogP contribution in [-0.2, 0) is 4.79 Å². The van der Waals surface area contributed by atoms with Crippen molar-refractivity contribution >= 4 is 5.91 Å². The first kappa shape index (κ1) is 16.4. The number of carbonyl (C=O) groups is 1. The Morgan fingerprint density at radius 1 is 1.06 bits per heavy atom. The average molecular weight is 242 g/mol. The lowest BCUT2D eigenvalue weighted by molar-refractivity contribution is -0.121.